The molecule has 1 aliphatic heterocycles. The van der Waals surface area contributed by atoms with E-state index < -0.39 is 0 Å². The van der Waals surface area contributed by atoms with Crippen molar-refractivity contribution >= 4 is 46.0 Å². The van der Waals surface area contributed by atoms with Crippen molar-refractivity contribution < 1.29 is 18.7 Å². The molecule has 7 heteroatoms. The molecule has 4 rings (SSSR count). The van der Waals surface area contributed by atoms with Crippen LogP contribution in [0.3, 0.4) is 0 Å². The number of rotatable bonds is 5. The molecule has 29 heavy (non-hydrogen) atoms. The summed E-state index contributed by atoms with van der Waals surface area (Å²) in [5.74, 6) is 0.900. The van der Waals surface area contributed by atoms with Crippen LogP contribution in [0.2, 0.25) is 0 Å². The van der Waals surface area contributed by atoms with Crippen molar-refractivity contribution in [1.29, 1.82) is 0 Å². The fraction of sp³-hybridized carbons (Fsp3) is 0.182. The number of nitrogens with one attached hydrogen (secondary N) is 2. The van der Waals surface area contributed by atoms with Gasteiger partial charge in [0.05, 0.1) is 24.1 Å². The Kier molecular flexibility index (Phi) is 5.31. The van der Waals surface area contributed by atoms with Gasteiger partial charge in [0.15, 0.2) is 5.76 Å². The summed E-state index contributed by atoms with van der Waals surface area (Å²) in [6, 6.07) is 14.9. The van der Waals surface area contributed by atoms with E-state index in [4.69, 9.17) is 9.15 Å². The van der Waals surface area contributed by atoms with E-state index in [1.165, 1.54) is 7.11 Å². The minimum Gasteiger partial charge on any atom is -0.466 e. The van der Waals surface area contributed by atoms with Gasteiger partial charge in [-0.15, -0.1) is 0 Å². The monoisotopic (exact) mass is 408 g/mol. The number of esters is 1. The smallest absolute Gasteiger partial charge is 0.336 e. The lowest BCUT2D eigenvalue weighted by molar-refractivity contribution is -0.136. The molecule has 0 bridgehead atoms. The Hall–Kier alpha value is -3.19. The number of para-hydroxylation sites is 3. The summed E-state index contributed by atoms with van der Waals surface area (Å²) in [4.78, 5) is 24.9. The van der Waals surface area contributed by atoms with Gasteiger partial charge in [-0.05, 0) is 25.1 Å². The maximum Gasteiger partial charge on any atom is 0.336 e. The molecule has 1 aliphatic rings. The minimum atomic E-state index is -0.336. The van der Waals surface area contributed by atoms with Gasteiger partial charge < -0.3 is 19.8 Å². The Balaban J connectivity index is 1.61. The molecular weight excluding hydrogens is 388 g/mol. The van der Waals surface area contributed by atoms with Gasteiger partial charge in [0.1, 0.15) is 5.58 Å². The normalized spacial score (nSPS) is 13.6. The third-order valence-electron chi connectivity index (χ3n) is 4.80. The van der Waals surface area contributed by atoms with Crippen LogP contribution < -0.4 is 10.6 Å². The Morgan fingerprint density at radius 1 is 1.03 bits per heavy atom. The molecule has 0 atom stereocenters. The Bertz CT molecular complexity index is 1130. The number of furan rings is 1. The van der Waals surface area contributed by atoms with Crippen LogP contribution in [0, 0.1) is 6.92 Å². The maximum atomic E-state index is 12.9. The van der Waals surface area contributed by atoms with Crippen LogP contribution in [0.4, 0.5) is 11.4 Å². The third kappa shape index (κ3) is 3.73. The summed E-state index contributed by atoms with van der Waals surface area (Å²) in [5.41, 5.74) is 4.19. The number of hydrogen-bond donors (Lipinski definition) is 2. The summed E-state index contributed by atoms with van der Waals surface area (Å²) >= 11 is 1.63. The fourth-order valence-corrected chi connectivity index (χ4v) is 4.33. The standard InChI is InChI=1S/C22H20N2O4S/c1-13-14-7-3-6-10-19(14)28-20(13)21(25)24-17-9-5-4-8-16(17)23-18-12-29-11-15(18)22(26)27-2/h3-10,23H,11-12H2,1-2H3,(H,24,25). The van der Waals surface area contributed by atoms with Gasteiger partial charge in [0.25, 0.3) is 5.91 Å². The topological polar surface area (TPSA) is 80.6 Å². The molecule has 0 unspecified atom stereocenters. The molecule has 2 N–H and O–H groups in total. The number of benzene rings is 2. The lowest BCUT2D eigenvalue weighted by Crippen LogP contribution is -2.15. The molecule has 0 radical (unpaired) electrons. The first kappa shape index (κ1) is 19.1. The zero-order valence-corrected chi connectivity index (χ0v) is 16.9. The average Bonchev–Trinajstić information content (AvgIpc) is 3.33. The van der Waals surface area contributed by atoms with Crippen LogP contribution in [-0.2, 0) is 9.53 Å². The van der Waals surface area contributed by atoms with Gasteiger partial charge >= 0.3 is 5.97 Å². The van der Waals surface area contributed by atoms with Gasteiger partial charge in [-0.25, -0.2) is 4.79 Å². The highest BCUT2D eigenvalue weighted by Crippen LogP contribution is 2.31. The van der Waals surface area contributed by atoms with E-state index in [0.29, 0.717) is 34.0 Å². The van der Waals surface area contributed by atoms with E-state index in [1.807, 2.05) is 49.4 Å². The lowest BCUT2D eigenvalue weighted by atomic mass is 10.1. The van der Waals surface area contributed by atoms with Gasteiger partial charge in [-0.2, -0.15) is 11.8 Å². The predicted molar refractivity (Wildman–Crippen MR) is 115 cm³/mol. The van der Waals surface area contributed by atoms with Gasteiger partial charge in [-0.3, -0.25) is 4.79 Å². The quantitative estimate of drug-likeness (QED) is 0.602. The van der Waals surface area contributed by atoms with Crippen LogP contribution in [0.5, 0.6) is 0 Å². The maximum absolute atomic E-state index is 12.9. The van der Waals surface area contributed by atoms with Gasteiger partial charge in [-0.1, -0.05) is 30.3 Å². The molecule has 148 valence electrons. The summed E-state index contributed by atoms with van der Waals surface area (Å²) in [5, 5.41) is 7.12. The minimum absolute atomic E-state index is 0.284. The largest absolute Gasteiger partial charge is 0.466 e. The van der Waals surface area contributed by atoms with Crippen molar-refractivity contribution in [3.05, 3.63) is 71.1 Å². The number of fused-ring (bicyclic) bond motifs is 1. The van der Waals surface area contributed by atoms with Crippen LogP contribution in [-0.4, -0.2) is 30.5 Å². The molecule has 6 nitrogen and oxygen atoms in total. The summed E-state index contributed by atoms with van der Waals surface area (Å²) in [6.07, 6.45) is 0. The number of aryl methyl sites for hydroxylation is 1. The van der Waals surface area contributed by atoms with E-state index >= 15 is 0 Å². The first-order chi connectivity index (χ1) is 14.1. The zero-order chi connectivity index (χ0) is 20.4. The van der Waals surface area contributed by atoms with Crippen LogP contribution in [0.1, 0.15) is 16.1 Å². The highest BCUT2D eigenvalue weighted by molar-refractivity contribution is 8.00. The zero-order valence-electron chi connectivity index (χ0n) is 16.1. The number of carbonyl (C=O) groups excluding carboxylic acids is 2. The summed E-state index contributed by atoms with van der Waals surface area (Å²) in [7, 11) is 1.37. The van der Waals surface area contributed by atoms with Crippen LogP contribution in [0.25, 0.3) is 11.0 Å². The van der Waals surface area contributed by atoms with E-state index in [1.54, 1.807) is 17.8 Å². The summed E-state index contributed by atoms with van der Waals surface area (Å²) < 4.78 is 10.6. The van der Waals surface area contributed by atoms with E-state index in [0.717, 1.165) is 16.6 Å². The van der Waals surface area contributed by atoms with Gasteiger partial charge in [0, 0.05) is 28.2 Å². The van der Waals surface area contributed by atoms with Crippen molar-refractivity contribution in [2.24, 2.45) is 0 Å². The third-order valence-corrected chi connectivity index (χ3v) is 5.79. The van der Waals surface area contributed by atoms with E-state index in [9.17, 15) is 9.59 Å². The van der Waals surface area contributed by atoms with Crippen molar-refractivity contribution in [2.75, 3.05) is 29.2 Å². The number of hydrogen-bond acceptors (Lipinski definition) is 6. The Morgan fingerprint density at radius 3 is 2.52 bits per heavy atom. The van der Waals surface area contributed by atoms with Crippen LogP contribution in [0.15, 0.2) is 64.2 Å². The first-order valence-corrected chi connectivity index (χ1v) is 10.3. The SMILES string of the molecule is COC(=O)C1=C(Nc2ccccc2NC(=O)c2oc3ccccc3c2C)CSC1. The van der Waals surface area contributed by atoms with Crippen LogP contribution >= 0.6 is 11.8 Å². The van der Waals surface area contributed by atoms with E-state index in [2.05, 4.69) is 10.6 Å². The average molecular weight is 408 g/mol. The molecule has 0 saturated carbocycles. The molecule has 1 amide bonds. The number of carbonyl (C=O) groups is 2. The summed E-state index contributed by atoms with van der Waals surface area (Å²) in [6.45, 7) is 1.87. The lowest BCUT2D eigenvalue weighted by Gasteiger charge is -2.14. The van der Waals surface area contributed by atoms with E-state index in [-0.39, 0.29) is 17.6 Å². The number of methoxy groups -OCH3 is 1. The second kappa shape index (κ2) is 8.05. The number of amides is 1. The van der Waals surface area contributed by atoms with Crippen molar-refractivity contribution in [1.82, 2.24) is 0 Å². The van der Waals surface area contributed by atoms with Crippen molar-refractivity contribution in [2.45, 2.75) is 6.92 Å². The molecule has 1 aromatic heterocycles. The molecule has 0 spiro atoms. The number of ether oxygens (including phenoxy) is 1. The molecule has 2 heterocycles. The second-order valence-electron chi connectivity index (χ2n) is 6.62. The molecule has 2 aromatic carbocycles. The molecule has 0 fully saturated rings. The Morgan fingerprint density at radius 2 is 1.76 bits per heavy atom. The molecule has 0 aliphatic carbocycles. The van der Waals surface area contributed by atoms with Crippen molar-refractivity contribution in [3.8, 4) is 0 Å². The first-order valence-electron chi connectivity index (χ1n) is 9.12. The highest BCUT2D eigenvalue weighted by Gasteiger charge is 2.23. The van der Waals surface area contributed by atoms with Crippen molar-refractivity contribution in [3.63, 3.8) is 0 Å². The number of anilines is 2. The predicted octanol–water partition coefficient (Wildman–Crippen LogP) is 4.58. The van der Waals surface area contributed by atoms with Gasteiger partial charge in [0.2, 0.25) is 0 Å². The molecule has 3 aromatic rings. The fourth-order valence-electron chi connectivity index (χ4n) is 3.28. The molecule has 0 saturated heterocycles. The highest BCUT2D eigenvalue weighted by atomic mass is 32.2. The second-order valence-corrected chi connectivity index (χ2v) is 7.60. The Labute approximate surface area is 172 Å². The number of thioether (sulfide) groups is 1. The molecular formula is C22H20N2O4S.